The smallest absolute Gasteiger partial charge is 0.00619 e. The van der Waals surface area contributed by atoms with Crippen molar-refractivity contribution in [3.05, 3.63) is 12.2 Å². The largest absolute Gasteiger partial charge is 0.314 e. The van der Waals surface area contributed by atoms with Crippen molar-refractivity contribution in [1.82, 2.24) is 5.32 Å². The first-order valence-electron chi connectivity index (χ1n) is 6.25. The van der Waals surface area contributed by atoms with Crippen LogP contribution in [-0.4, -0.2) is 12.6 Å². The minimum atomic E-state index is 0.748. The van der Waals surface area contributed by atoms with Gasteiger partial charge in [-0.25, -0.2) is 0 Å². The van der Waals surface area contributed by atoms with E-state index in [1.165, 1.54) is 32.2 Å². The van der Waals surface area contributed by atoms with Crippen LogP contribution in [0.3, 0.4) is 0 Å². The molecule has 2 aliphatic rings. The van der Waals surface area contributed by atoms with Gasteiger partial charge < -0.3 is 5.32 Å². The lowest BCUT2D eigenvalue weighted by atomic mass is 9.93. The maximum absolute atomic E-state index is 3.71. The van der Waals surface area contributed by atoms with Crippen molar-refractivity contribution in [2.75, 3.05) is 6.54 Å². The summed E-state index contributed by atoms with van der Waals surface area (Å²) < 4.78 is 0. The van der Waals surface area contributed by atoms with Gasteiger partial charge in [0.1, 0.15) is 0 Å². The summed E-state index contributed by atoms with van der Waals surface area (Å²) in [5.74, 6) is 2.76. The number of hydrogen-bond donors (Lipinski definition) is 1. The van der Waals surface area contributed by atoms with E-state index >= 15 is 0 Å². The molecule has 0 amide bonds. The van der Waals surface area contributed by atoms with Gasteiger partial charge in [-0.15, -0.1) is 0 Å². The van der Waals surface area contributed by atoms with Crippen molar-refractivity contribution >= 4 is 0 Å². The fourth-order valence-electron chi connectivity index (χ4n) is 3.02. The maximum Gasteiger partial charge on any atom is 0.00619 e. The second-order valence-electron chi connectivity index (χ2n) is 4.96. The molecule has 1 N–H and O–H groups in total. The molecule has 80 valence electrons. The second-order valence-corrected chi connectivity index (χ2v) is 4.96. The SMILES string of the molecule is CCC(CC)NC[C@H]1C[C@H]2C=C[C@H]1C2. The molecule has 0 aromatic rings. The van der Waals surface area contributed by atoms with E-state index in [1.807, 2.05) is 0 Å². The third kappa shape index (κ3) is 2.03. The summed E-state index contributed by atoms with van der Waals surface area (Å²) in [6.07, 6.45) is 10.3. The highest BCUT2D eigenvalue weighted by Crippen LogP contribution is 2.42. The van der Waals surface area contributed by atoms with Crippen LogP contribution in [0, 0.1) is 17.8 Å². The lowest BCUT2D eigenvalue weighted by Gasteiger charge is -2.22. The van der Waals surface area contributed by atoms with E-state index in [0.29, 0.717) is 0 Å². The van der Waals surface area contributed by atoms with Crippen LogP contribution in [-0.2, 0) is 0 Å². The highest BCUT2D eigenvalue weighted by Gasteiger charge is 2.35. The van der Waals surface area contributed by atoms with Crippen molar-refractivity contribution < 1.29 is 0 Å². The van der Waals surface area contributed by atoms with E-state index in [4.69, 9.17) is 0 Å². The number of fused-ring (bicyclic) bond motifs is 2. The van der Waals surface area contributed by atoms with Crippen LogP contribution in [0.25, 0.3) is 0 Å². The van der Waals surface area contributed by atoms with Crippen LogP contribution < -0.4 is 5.32 Å². The van der Waals surface area contributed by atoms with E-state index < -0.39 is 0 Å². The Kier molecular flexibility index (Phi) is 3.27. The molecular weight excluding hydrogens is 170 g/mol. The van der Waals surface area contributed by atoms with Crippen molar-refractivity contribution in [1.29, 1.82) is 0 Å². The average Bonchev–Trinajstić information content (AvgIpc) is 2.80. The predicted octanol–water partition coefficient (Wildman–Crippen LogP) is 2.98. The van der Waals surface area contributed by atoms with Crippen molar-refractivity contribution in [3.8, 4) is 0 Å². The molecule has 3 atom stereocenters. The molecule has 0 aliphatic heterocycles. The molecule has 0 unspecified atom stereocenters. The Labute approximate surface area is 88.0 Å². The van der Waals surface area contributed by atoms with Gasteiger partial charge in [0.15, 0.2) is 0 Å². The van der Waals surface area contributed by atoms with Gasteiger partial charge in [-0.3, -0.25) is 0 Å². The molecule has 1 heteroatoms. The molecule has 2 bridgehead atoms. The molecule has 0 heterocycles. The Hall–Kier alpha value is -0.300. The maximum atomic E-state index is 3.71. The van der Waals surface area contributed by atoms with Gasteiger partial charge in [0.05, 0.1) is 0 Å². The van der Waals surface area contributed by atoms with Crippen molar-refractivity contribution in [3.63, 3.8) is 0 Å². The van der Waals surface area contributed by atoms with Crippen LogP contribution in [0.1, 0.15) is 39.5 Å². The number of allylic oxidation sites excluding steroid dienone is 2. The van der Waals surface area contributed by atoms with E-state index in [0.717, 1.165) is 23.8 Å². The van der Waals surface area contributed by atoms with Crippen molar-refractivity contribution in [2.24, 2.45) is 17.8 Å². The minimum Gasteiger partial charge on any atom is -0.314 e. The fourth-order valence-corrected chi connectivity index (χ4v) is 3.02. The van der Waals surface area contributed by atoms with Gasteiger partial charge in [-0.05, 0) is 50.0 Å². The molecule has 2 aliphatic carbocycles. The van der Waals surface area contributed by atoms with Crippen LogP contribution >= 0.6 is 0 Å². The van der Waals surface area contributed by atoms with E-state index in [2.05, 4.69) is 31.3 Å². The first-order valence-corrected chi connectivity index (χ1v) is 6.25. The summed E-state index contributed by atoms with van der Waals surface area (Å²) in [6, 6.07) is 0.748. The van der Waals surface area contributed by atoms with E-state index in [-0.39, 0.29) is 0 Å². The Balaban J connectivity index is 1.74. The molecule has 1 saturated carbocycles. The number of nitrogens with one attached hydrogen (secondary N) is 1. The van der Waals surface area contributed by atoms with E-state index in [1.54, 1.807) is 0 Å². The molecule has 0 radical (unpaired) electrons. The monoisotopic (exact) mass is 193 g/mol. The molecule has 0 saturated heterocycles. The summed E-state index contributed by atoms with van der Waals surface area (Å²) in [5.41, 5.74) is 0. The van der Waals surface area contributed by atoms with Gasteiger partial charge in [-0.2, -0.15) is 0 Å². The zero-order chi connectivity index (χ0) is 9.97. The summed E-state index contributed by atoms with van der Waals surface area (Å²) in [5, 5.41) is 3.71. The van der Waals surface area contributed by atoms with Gasteiger partial charge in [0.25, 0.3) is 0 Å². The molecule has 0 aromatic heterocycles. The Morgan fingerprint density at radius 3 is 2.50 bits per heavy atom. The van der Waals surface area contributed by atoms with Gasteiger partial charge >= 0.3 is 0 Å². The normalized spacial score (nSPS) is 34.6. The minimum absolute atomic E-state index is 0.748. The molecule has 1 nitrogen and oxygen atoms in total. The summed E-state index contributed by atoms with van der Waals surface area (Å²) in [6.45, 7) is 5.81. The zero-order valence-corrected chi connectivity index (χ0v) is 9.50. The second kappa shape index (κ2) is 4.48. The van der Waals surface area contributed by atoms with E-state index in [9.17, 15) is 0 Å². The van der Waals surface area contributed by atoms with Crippen LogP contribution in [0.4, 0.5) is 0 Å². The third-order valence-electron chi connectivity index (χ3n) is 4.07. The third-order valence-corrected chi connectivity index (χ3v) is 4.07. The first kappa shape index (κ1) is 10.2. The van der Waals surface area contributed by atoms with Crippen LogP contribution in [0.15, 0.2) is 12.2 Å². The lowest BCUT2D eigenvalue weighted by molar-refractivity contribution is 0.372. The Bertz CT molecular complexity index is 205. The lowest BCUT2D eigenvalue weighted by Crippen LogP contribution is -2.33. The fraction of sp³-hybridized carbons (Fsp3) is 0.846. The number of hydrogen-bond acceptors (Lipinski definition) is 1. The molecule has 14 heavy (non-hydrogen) atoms. The predicted molar refractivity (Wildman–Crippen MR) is 61.2 cm³/mol. The summed E-state index contributed by atoms with van der Waals surface area (Å²) >= 11 is 0. The molecule has 2 rings (SSSR count). The Morgan fingerprint density at radius 1 is 1.21 bits per heavy atom. The zero-order valence-electron chi connectivity index (χ0n) is 9.50. The van der Waals surface area contributed by atoms with Crippen LogP contribution in [0.5, 0.6) is 0 Å². The quantitative estimate of drug-likeness (QED) is 0.662. The molecule has 0 aromatic carbocycles. The molecule has 0 spiro atoms. The Morgan fingerprint density at radius 2 is 2.00 bits per heavy atom. The average molecular weight is 193 g/mol. The first-order chi connectivity index (χ1) is 6.83. The van der Waals surface area contributed by atoms with Gasteiger partial charge in [0, 0.05) is 6.04 Å². The summed E-state index contributed by atoms with van der Waals surface area (Å²) in [4.78, 5) is 0. The van der Waals surface area contributed by atoms with Gasteiger partial charge in [-0.1, -0.05) is 26.0 Å². The highest BCUT2D eigenvalue weighted by molar-refractivity contribution is 5.10. The topological polar surface area (TPSA) is 12.0 Å². The standard InChI is InChI=1S/C13H23N/c1-3-13(4-2)14-9-12-8-10-5-6-11(12)7-10/h5-6,10-14H,3-4,7-9H2,1-2H3/t10-,11-,12+/m0/s1. The highest BCUT2D eigenvalue weighted by atomic mass is 14.9. The molecule has 1 fully saturated rings. The van der Waals surface area contributed by atoms with Crippen molar-refractivity contribution in [2.45, 2.75) is 45.6 Å². The molecular formula is C13H23N. The summed E-state index contributed by atoms with van der Waals surface area (Å²) in [7, 11) is 0. The number of rotatable bonds is 5. The van der Waals surface area contributed by atoms with Crippen LogP contribution in [0.2, 0.25) is 0 Å². The van der Waals surface area contributed by atoms with Gasteiger partial charge in [0.2, 0.25) is 0 Å².